The number of amides is 1. The minimum atomic E-state index is -0.0858. The fourth-order valence-electron chi connectivity index (χ4n) is 3.36. The topological polar surface area (TPSA) is 51.0 Å². The molecule has 2 aromatic carbocycles. The van der Waals surface area contributed by atoms with E-state index in [4.69, 9.17) is 0 Å². The highest BCUT2D eigenvalue weighted by molar-refractivity contribution is 6.05. The van der Waals surface area contributed by atoms with Crippen LogP contribution in [0.2, 0.25) is 0 Å². The first kappa shape index (κ1) is 18.6. The van der Waals surface area contributed by atoms with E-state index >= 15 is 0 Å². The van der Waals surface area contributed by atoms with Crippen LogP contribution in [0.1, 0.15) is 21.7 Å². The number of aromatic nitrogens is 3. The Bertz CT molecular complexity index is 1100. The molecule has 0 radical (unpaired) electrons. The molecular formula is C24H22N4O. The summed E-state index contributed by atoms with van der Waals surface area (Å²) >= 11 is 0. The molecule has 2 aromatic heterocycles. The maximum Gasteiger partial charge on any atom is 0.276 e. The molecule has 0 aliphatic heterocycles. The summed E-state index contributed by atoms with van der Waals surface area (Å²) in [5.74, 6) is -0.0858. The number of carbonyl (C=O) groups excluding carboxylic acids is 1. The lowest BCUT2D eigenvalue weighted by atomic mass is 10.1. The second-order valence-corrected chi connectivity index (χ2v) is 6.95. The highest BCUT2D eigenvalue weighted by Crippen LogP contribution is 2.25. The lowest BCUT2D eigenvalue weighted by molar-refractivity contribution is 0.0976. The highest BCUT2D eigenvalue weighted by atomic mass is 16.2. The minimum absolute atomic E-state index is 0.0858. The van der Waals surface area contributed by atoms with Gasteiger partial charge in [-0.15, -0.1) is 0 Å². The summed E-state index contributed by atoms with van der Waals surface area (Å²) in [6.45, 7) is 2.34. The molecule has 0 unspecified atom stereocenters. The maximum absolute atomic E-state index is 13.4. The van der Waals surface area contributed by atoms with Crippen LogP contribution in [0.3, 0.4) is 0 Å². The van der Waals surface area contributed by atoms with Gasteiger partial charge in [-0.1, -0.05) is 42.5 Å². The monoisotopic (exact) mass is 382 g/mol. The molecule has 0 atom stereocenters. The van der Waals surface area contributed by atoms with E-state index in [9.17, 15) is 4.79 Å². The summed E-state index contributed by atoms with van der Waals surface area (Å²) in [5, 5.41) is 4.33. The number of benzene rings is 2. The number of anilines is 1. The molecule has 0 aliphatic rings. The van der Waals surface area contributed by atoms with E-state index in [0.29, 0.717) is 12.2 Å². The predicted molar refractivity (Wildman–Crippen MR) is 115 cm³/mol. The van der Waals surface area contributed by atoms with Gasteiger partial charge in [-0.05, 0) is 53.9 Å². The van der Waals surface area contributed by atoms with Crippen LogP contribution in [-0.4, -0.2) is 20.7 Å². The van der Waals surface area contributed by atoms with Crippen LogP contribution in [-0.2, 0) is 13.6 Å². The summed E-state index contributed by atoms with van der Waals surface area (Å²) in [6, 6.07) is 23.9. The second-order valence-electron chi connectivity index (χ2n) is 6.95. The fraction of sp³-hybridized carbons (Fsp3) is 0.125. The van der Waals surface area contributed by atoms with Gasteiger partial charge < -0.3 is 4.90 Å². The Hall–Kier alpha value is -3.73. The van der Waals surface area contributed by atoms with E-state index in [1.807, 2.05) is 67.6 Å². The quantitative estimate of drug-likeness (QED) is 0.505. The second kappa shape index (κ2) is 8.10. The van der Waals surface area contributed by atoms with Gasteiger partial charge in [0.05, 0.1) is 12.2 Å². The van der Waals surface area contributed by atoms with Gasteiger partial charge in [0.15, 0.2) is 0 Å². The Morgan fingerprint density at radius 3 is 2.21 bits per heavy atom. The van der Waals surface area contributed by atoms with Gasteiger partial charge in [-0.3, -0.25) is 14.5 Å². The van der Waals surface area contributed by atoms with Crippen molar-refractivity contribution in [1.29, 1.82) is 0 Å². The molecular weight excluding hydrogens is 360 g/mol. The number of aryl methyl sites for hydroxylation is 2. The molecule has 2 heterocycles. The van der Waals surface area contributed by atoms with Crippen molar-refractivity contribution >= 4 is 11.6 Å². The molecule has 0 aliphatic carbocycles. The molecule has 4 aromatic rings. The lowest BCUT2D eigenvalue weighted by Gasteiger charge is -2.23. The zero-order valence-electron chi connectivity index (χ0n) is 16.5. The molecule has 5 heteroatoms. The molecule has 5 nitrogen and oxygen atoms in total. The van der Waals surface area contributed by atoms with Crippen molar-refractivity contribution in [2.75, 3.05) is 4.90 Å². The Morgan fingerprint density at radius 2 is 1.59 bits per heavy atom. The van der Waals surface area contributed by atoms with Gasteiger partial charge in [-0.25, -0.2) is 0 Å². The van der Waals surface area contributed by atoms with E-state index in [-0.39, 0.29) is 5.91 Å². The van der Waals surface area contributed by atoms with Crippen LogP contribution in [0.15, 0.2) is 85.2 Å². The van der Waals surface area contributed by atoms with E-state index in [2.05, 4.69) is 22.2 Å². The van der Waals surface area contributed by atoms with Crippen molar-refractivity contribution in [3.63, 3.8) is 0 Å². The zero-order valence-corrected chi connectivity index (χ0v) is 16.5. The lowest BCUT2D eigenvalue weighted by Crippen LogP contribution is -2.32. The largest absolute Gasteiger partial charge is 0.303 e. The summed E-state index contributed by atoms with van der Waals surface area (Å²) in [7, 11) is 1.79. The van der Waals surface area contributed by atoms with E-state index < -0.39 is 0 Å². The summed E-state index contributed by atoms with van der Waals surface area (Å²) in [6.07, 6.45) is 3.48. The Kier molecular flexibility index (Phi) is 5.20. The Labute approximate surface area is 170 Å². The number of rotatable bonds is 5. The normalized spacial score (nSPS) is 10.7. The van der Waals surface area contributed by atoms with Gasteiger partial charge in [0.25, 0.3) is 5.91 Å². The molecule has 0 N–H and O–H groups in total. The van der Waals surface area contributed by atoms with Gasteiger partial charge in [0.2, 0.25) is 0 Å². The molecule has 1 amide bonds. The van der Waals surface area contributed by atoms with Gasteiger partial charge in [0, 0.05) is 25.1 Å². The van der Waals surface area contributed by atoms with Crippen LogP contribution in [0.5, 0.6) is 0 Å². The first-order chi connectivity index (χ1) is 14.1. The summed E-state index contributed by atoms with van der Waals surface area (Å²) in [4.78, 5) is 19.2. The standard InChI is InChI=1S/C24H22N4O/c1-18-16-23(27(2)26-18)24(29)28(17-19-12-14-25-15-13-19)22-10-8-21(9-11-22)20-6-4-3-5-7-20/h3-16H,17H2,1-2H3. The molecule has 4 rings (SSSR count). The SMILES string of the molecule is Cc1cc(C(=O)N(Cc2ccncc2)c2ccc(-c3ccccc3)cc2)n(C)n1. The van der Waals surface area contributed by atoms with Crippen molar-refractivity contribution in [1.82, 2.24) is 14.8 Å². The smallest absolute Gasteiger partial charge is 0.276 e. The molecule has 0 saturated heterocycles. The van der Waals surface area contributed by atoms with Crippen molar-refractivity contribution in [2.45, 2.75) is 13.5 Å². The van der Waals surface area contributed by atoms with Gasteiger partial charge in [0.1, 0.15) is 5.69 Å². The van der Waals surface area contributed by atoms with Crippen molar-refractivity contribution < 1.29 is 4.79 Å². The van der Waals surface area contributed by atoms with E-state index in [1.54, 1.807) is 29.0 Å². The average molecular weight is 382 g/mol. The van der Waals surface area contributed by atoms with E-state index in [0.717, 1.165) is 28.1 Å². The number of hydrogen-bond acceptors (Lipinski definition) is 3. The predicted octanol–water partition coefficient (Wildman–Crippen LogP) is 4.64. The van der Waals surface area contributed by atoms with Crippen LogP contribution in [0.4, 0.5) is 5.69 Å². The van der Waals surface area contributed by atoms with Gasteiger partial charge in [-0.2, -0.15) is 5.10 Å². The molecule has 144 valence electrons. The zero-order chi connectivity index (χ0) is 20.2. The highest BCUT2D eigenvalue weighted by Gasteiger charge is 2.21. The molecule has 0 saturated carbocycles. The molecule has 0 fully saturated rings. The fourth-order valence-corrected chi connectivity index (χ4v) is 3.36. The number of hydrogen-bond donors (Lipinski definition) is 0. The number of carbonyl (C=O) groups is 1. The molecule has 29 heavy (non-hydrogen) atoms. The third-order valence-electron chi connectivity index (χ3n) is 4.84. The first-order valence-corrected chi connectivity index (χ1v) is 9.49. The summed E-state index contributed by atoms with van der Waals surface area (Å²) < 4.78 is 1.63. The minimum Gasteiger partial charge on any atom is -0.303 e. The Balaban J connectivity index is 1.70. The number of pyridine rings is 1. The van der Waals surface area contributed by atoms with Crippen molar-refractivity contribution in [3.8, 4) is 11.1 Å². The van der Waals surface area contributed by atoms with Gasteiger partial charge >= 0.3 is 0 Å². The summed E-state index contributed by atoms with van der Waals surface area (Å²) in [5.41, 5.74) is 5.49. The van der Waals surface area contributed by atoms with Crippen molar-refractivity contribution in [2.24, 2.45) is 7.05 Å². The Morgan fingerprint density at radius 1 is 0.931 bits per heavy atom. The third kappa shape index (κ3) is 4.09. The maximum atomic E-state index is 13.4. The van der Waals surface area contributed by atoms with Crippen molar-refractivity contribution in [3.05, 3.63) is 102 Å². The average Bonchev–Trinajstić information content (AvgIpc) is 3.11. The van der Waals surface area contributed by atoms with Crippen LogP contribution in [0, 0.1) is 6.92 Å². The molecule has 0 spiro atoms. The van der Waals surface area contributed by atoms with E-state index in [1.165, 1.54) is 0 Å². The van der Waals surface area contributed by atoms with Crippen LogP contribution in [0.25, 0.3) is 11.1 Å². The first-order valence-electron chi connectivity index (χ1n) is 9.49. The van der Waals surface area contributed by atoms with Crippen LogP contribution >= 0.6 is 0 Å². The van der Waals surface area contributed by atoms with Crippen LogP contribution < -0.4 is 4.90 Å². The molecule has 0 bridgehead atoms. The third-order valence-corrected chi connectivity index (χ3v) is 4.84. The number of nitrogens with zero attached hydrogens (tertiary/aromatic N) is 4.